The van der Waals surface area contributed by atoms with Gasteiger partial charge in [-0.2, -0.15) is 0 Å². The molecule has 2 heterocycles. The molecule has 1 aromatic heterocycles. The second kappa shape index (κ2) is 10.6. The van der Waals surface area contributed by atoms with Crippen molar-refractivity contribution in [3.8, 4) is 0 Å². The highest BCUT2D eigenvalue weighted by atomic mass is 35.5. The number of hydrogen-bond acceptors (Lipinski definition) is 5. The number of aromatic nitrogens is 1. The molecule has 1 fully saturated rings. The summed E-state index contributed by atoms with van der Waals surface area (Å²) in [5.41, 5.74) is 2.38. The van der Waals surface area contributed by atoms with Crippen LogP contribution in [0.5, 0.6) is 0 Å². The Bertz CT molecular complexity index is 699. The molecule has 1 aliphatic heterocycles. The van der Waals surface area contributed by atoms with Crippen molar-refractivity contribution >= 4 is 24.1 Å². The second-order valence-electron chi connectivity index (χ2n) is 6.33. The third kappa shape index (κ3) is 6.05. The molecule has 2 aromatic rings. The second-order valence-corrected chi connectivity index (χ2v) is 6.33. The molecule has 1 aliphatic rings. The van der Waals surface area contributed by atoms with Crippen LogP contribution < -0.4 is 0 Å². The van der Waals surface area contributed by atoms with Gasteiger partial charge >= 0.3 is 5.97 Å². The van der Waals surface area contributed by atoms with Gasteiger partial charge in [-0.1, -0.05) is 41.6 Å². The minimum atomic E-state index is -0.713. The molecule has 3 rings (SSSR count). The van der Waals surface area contributed by atoms with E-state index in [1.54, 1.807) is 6.20 Å². The maximum Gasteiger partial charge on any atom is 0.307 e. The van der Waals surface area contributed by atoms with Crippen molar-refractivity contribution in [2.75, 3.05) is 26.2 Å². The van der Waals surface area contributed by atoms with Gasteiger partial charge in [-0.15, -0.1) is 12.4 Å². The maximum absolute atomic E-state index is 11.1. The molecular formula is C20H24ClN3O3. The van der Waals surface area contributed by atoms with Crippen molar-refractivity contribution in [3.63, 3.8) is 0 Å². The average molecular weight is 390 g/mol. The lowest BCUT2D eigenvalue weighted by Gasteiger charge is -2.29. The summed E-state index contributed by atoms with van der Waals surface area (Å²) in [5, 5.41) is 13.5. The molecule has 1 unspecified atom stereocenters. The first-order chi connectivity index (χ1) is 12.7. The molecule has 144 valence electrons. The number of carboxylic acids is 1. The van der Waals surface area contributed by atoms with Crippen LogP contribution >= 0.6 is 12.4 Å². The van der Waals surface area contributed by atoms with Gasteiger partial charge in [-0.3, -0.25) is 14.7 Å². The lowest BCUT2D eigenvalue weighted by atomic mass is 9.98. The van der Waals surface area contributed by atoms with Crippen molar-refractivity contribution < 1.29 is 14.7 Å². The molecule has 7 heteroatoms. The standard InChI is InChI=1S/C20H23N3O3.ClH/c24-20(25)17-9-6-12-23(15-17)13-14-26-22-19(16-7-2-1-3-8-16)18-10-4-5-11-21-18;/h1-5,7-8,10-11,17H,6,9,12-15H2,(H,24,25);1H. The van der Waals surface area contributed by atoms with Gasteiger partial charge in [0.1, 0.15) is 12.3 Å². The summed E-state index contributed by atoms with van der Waals surface area (Å²) in [7, 11) is 0. The van der Waals surface area contributed by atoms with Gasteiger partial charge in [0, 0.05) is 24.8 Å². The molecule has 1 atom stereocenters. The van der Waals surface area contributed by atoms with E-state index in [2.05, 4.69) is 15.0 Å². The van der Waals surface area contributed by atoms with E-state index in [0.717, 1.165) is 30.6 Å². The van der Waals surface area contributed by atoms with E-state index in [0.29, 0.717) is 25.4 Å². The zero-order chi connectivity index (χ0) is 18.2. The Hall–Kier alpha value is -2.44. The minimum Gasteiger partial charge on any atom is -0.481 e. The van der Waals surface area contributed by atoms with Gasteiger partial charge in [0.05, 0.1) is 11.6 Å². The maximum atomic E-state index is 11.1. The Morgan fingerprint density at radius 2 is 2.00 bits per heavy atom. The highest BCUT2D eigenvalue weighted by molar-refractivity contribution is 6.11. The van der Waals surface area contributed by atoms with Crippen molar-refractivity contribution in [1.82, 2.24) is 9.88 Å². The largest absolute Gasteiger partial charge is 0.481 e. The van der Waals surface area contributed by atoms with Gasteiger partial charge < -0.3 is 9.94 Å². The van der Waals surface area contributed by atoms with E-state index in [9.17, 15) is 4.79 Å². The van der Waals surface area contributed by atoms with Crippen LogP contribution in [-0.2, 0) is 9.63 Å². The molecule has 0 spiro atoms. The van der Waals surface area contributed by atoms with Crippen molar-refractivity contribution in [2.45, 2.75) is 12.8 Å². The molecule has 1 saturated heterocycles. The Morgan fingerprint density at radius 1 is 1.22 bits per heavy atom. The number of nitrogens with zero attached hydrogens (tertiary/aromatic N) is 3. The molecule has 1 N–H and O–H groups in total. The van der Waals surface area contributed by atoms with E-state index in [1.807, 2.05) is 48.5 Å². The van der Waals surface area contributed by atoms with Crippen molar-refractivity contribution in [3.05, 3.63) is 66.0 Å². The number of carboxylic acid groups (broad SMARTS) is 1. The van der Waals surface area contributed by atoms with Crippen LogP contribution in [0.4, 0.5) is 0 Å². The van der Waals surface area contributed by atoms with Gasteiger partial charge in [0.2, 0.25) is 0 Å². The highest BCUT2D eigenvalue weighted by Gasteiger charge is 2.25. The topological polar surface area (TPSA) is 75.0 Å². The predicted octanol–water partition coefficient (Wildman–Crippen LogP) is 3.07. The fraction of sp³-hybridized carbons (Fsp3) is 0.350. The molecular weight excluding hydrogens is 366 g/mol. The first-order valence-electron chi connectivity index (χ1n) is 8.86. The Kier molecular flexibility index (Phi) is 8.23. The molecule has 1 aromatic carbocycles. The summed E-state index contributed by atoms with van der Waals surface area (Å²) in [5.74, 6) is -0.990. The predicted molar refractivity (Wildman–Crippen MR) is 106 cm³/mol. The first kappa shape index (κ1) is 20.9. The summed E-state index contributed by atoms with van der Waals surface area (Å²) in [4.78, 5) is 23.2. The number of rotatable bonds is 7. The highest BCUT2D eigenvalue weighted by Crippen LogP contribution is 2.16. The van der Waals surface area contributed by atoms with E-state index >= 15 is 0 Å². The number of likely N-dealkylation sites (tertiary alicyclic amines) is 1. The zero-order valence-electron chi connectivity index (χ0n) is 15.0. The van der Waals surface area contributed by atoms with E-state index in [-0.39, 0.29) is 18.3 Å². The van der Waals surface area contributed by atoms with E-state index in [4.69, 9.17) is 9.94 Å². The van der Waals surface area contributed by atoms with Crippen molar-refractivity contribution in [1.29, 1.82) is 0 Å². The van der Waals surface area contributed by atoms with Crippen molar-refractivity contribution in [2.24, 2.45) is 11.1 Å². The Morgan fingerprint density at radius 3 is 2.70 bits per heavy atom. The monoisotopic (exact) mass is 389 g/mol. The van der Waals surface area contributed by atoms with Gasteiger partial charge in [0.15, 0.2) is 0 Å². The zero-order valence-corrected chi connectivity index (χ0v) is 15.8. The summed E-state index contributed by atoms with van der Waals surface area (Å²) in [6, 6.07) is 15.5. The number of halogens is 1. The lowest BCUT2D eigenvalue weighted by molar-refractivity contribution is -0.143. The van der Waals surface area contributed by atoms with Gasteiger partial charge in [-0.25, -0.2) is 0 Å². The van der Waals surface area contributed by atoms with Crippen LogP contribution in [0.3, 0.4) is 0 Å². The van der Waals surface area contributed by atoms with Crippen LogP contribution in [0.1, 0.15) is 24.1 Å². The SMILES string of the molecule is Cl.O=C(O)C1CCCN(CCON=C(c2ccccc2)c2ccccn2)C1. The molecule has 0 radical (unpaired) electrons. The Labute approximate surface area is 165 Å². The van der Waals surface area contributed by atoms with E-state index in [1.165, 1.54) is 0 Å². The molecule has 0 aliphatic carbocycles. The van der Waals surface area contributed by atoms with Crippen LogP contribution in [0.25, 0.3) is 0 Å². The number of carbonyl (C=O) groups is 1. The number of oxime groups is 1. The van der Waals surface area contributed by atoms with Gasteiger partial charge in [0.25, 0.3) is 0 Å². The summed E-state index contributed by atoms with van der Waals surface area (Å²) < 4.78 is 0. The van der Waals surface area contributed by atoms with Crippen LogP contribution in [0.15, 0.2) is 59.9 Å². The molecule has 6 nitrogen and oxygen atoms in total. The summed E-state index contributed by atoms with van der Waals surface area (Å²) in [6.45, 7) is 2.56. The van der Waals surface area contributed by atoms with Crippen LogP contribution in [-0.4, -0.2) is 52.9 Å². The van der Waals surface area contributed by atoms with E-state index < -0.39 is 5.97 Å². The first-order valence-corrected chi connectivity index (χ1v) is 8.86. The summed E-state index contributed by atoms with van der Waals surface area (Å²) in [6.07, 6.45) is 3.39. The summed E-state index contributed by atoms with van der Waals surface area (Å²) >= 11 is 0. The lowest BCUT2D eigenvalue weighted by Crippen LogP contribution is -2.40. The normalized spacial score (nSPS) is 17.8. The average Bonchev–Trinajstić information content (AvgIpc) is 2.69. The smallest absolute Gasteiger partial charge is 0.307 e. The molecule has 0 amide bonds. The quantitative estimate of drug-likeness (QED) is 0.447. The molecule has 0 saturated carbocycles. The molecule has 27 heavy (non-hydrogen) atoms. The third-order valence-corrected chi connectivity index (χ3v) is 4.46. The minimum absolute atomic E-state index is 0. The third-order valence-electron chi connectivity index (χ3n) is 4.46. The number of pyridine rings is 1. The van der Waals surface area contributed by atoms with Crippen LogP contribution in [0.2, 0.25) is 0 Å². The fourth-order valence-corrected chi connectivity index (χ4v) is 3.09. The van der Waals surface area contributed by atoms with Gasteiger partial charge in [-0.05, 0) is 31.5 Å². The Balaban J connectivity index is 0.00000261. The fourth-order valence-electron chi connectivity index (χ4n) is 3.09. The number of benzene rings is 1. The number of aliphatic carboxylic acids is 1. The number of piperidine rings is 1. The number of hydrogen-bond donors (Lipinski definition) is 1. The molecule has 0 bridgehead atoms. The van der Waals surface area contributed by atoms with Crippen LogP contribution in [0, 0.1) is 5.92 Å².